The average Bonchev–Trinajstić information content (AvgIpc) is 2.32. The van der Waals surface area contributed by atoms with Crippen LogP contribution in [0.2, 0.25) is 0 Å². The highest BCUT2D eigenvalue weighted by molar-refractivity contribution is 9.10. The van der Waals surface area contributed by atoms with E-state index in [0.29, 0.717) is 22.9 Å². The predicted octanol–water partition coefficient (Wildman–Crippen LogP) is 3.41. The number of hydrogen-bond donors (Lipinski definition) is 1. The second kappa shape index (κ2) is 5.73. The molecule has 0 atom stereocenters. The summed E-state index contributed by atoms with van der Waals surface area (Å²) < 4.78 is 14.1. The zero-order valence-electron chi connectivity index (χ0n) is 9.18. The van der Waals surface area contributed by atoms with Crippen molar-refractivity contribution in [2.45, 2.75) is 44.7 Å². The van der Waals surface area contributed by atoms with Crippen LogP contribution in [0.3, 0.4) is 0 Å². The Morgan fingerprint density at radius 1 is 1.31 bits per heavy atom. The molecule has 0 aliphatic heterocycles. The van der Waals surface area contributed by atoms with E-state index in [1.807, 2.05) is 0 Å². The van der Waals surface area contributed by atoms with Crippen LogP contribution in [0.4, 0.5) is 4.39 Å². The van der Waals surface area contributed by atoms with Gasteiger partial charge in [0.05, 0.1) is 5.69 Å². The largest absolute Gasteiger partial charge is 0.308 e. The Hall–Kier alpha value is -0.480. The second-order valence-electron chi connectivity index (χ2n) is 4.28. The van der Waals surface area contributed by atoms with E-state index < -0.39 is 0 Å². The summed E-state index contributed by atoms with van der Waals surface area (Å²) in [5.41, 5.74) is 0.500. The molecule has 4 heteroatoms. The molecule has 2 nitrogen and oxygen atoms in total. The molecule has 2 rings (SSSR count). The van der Waals surface area contributed by atoms with Gasteiger partial charge in [-0.2, -0.15) is 0 Å². The van der Waals surface area contributed by atoms with Gasteiger partial charge in [-0.1, -0.05) is 19.3 Å². The van der Waals surface area contributed by atoms with E-state index >= 15 is 0 Å². The first kappa shape index (κ1) is 12.0. The molecule has 0 bridgehead atoms. The molecule has 1 heterocycles. The van der Waals surface area contributed by atoms with Gasteiger partial charge in [0, 0.05) is 12.6 Å². The minimum absolute atomic E-state index is 0.230. The van der Waals surface area contributed by atoms with Crippen LogP contribution in [0.15, 0.2) is 16.7 Å². The minimum atomic E-state index is -0.230. The lowest BCUT2D eigenvalue weighted by atomic mass is 9.95. The average molecular weight is 287 g/mol. The normalized spacial score (nSPS) is 17.6. The van der Waals surface area contributed by atoms with Gasteiger partial charge in [0.25, 0.3) is 0 Å². The van der Waals surface area contributed by atoms with Crippen molar-refractivity contribution in [2.24, 2.45) is 0 Å². The highest BCUT2D eigenvalue weighted by Crippen LogP contribution is 2.18. The monoisotopic (exact) mass is 286 g/mol. The second-order valence-corrected chi connectivity index (χ2v) is 5.09. The summed E-state index contributed by atoms with van der Waals surface area (Å²) in [7, 11) is 0. The SMILES string of the molecule is Fc1ccc(Br)nc1CNC1CCCCC1. The van der Waals surface area contributed by atoms with Crippen LogP contribution in [0, 0.1) is 5.82 Å². The first-order chi connectivity index (χ1) is 7.75. The fourth-order valence-electron chi connectivity index (χ4n) is 2.13. The maximum Gasteiger partial charge on any atom is 0.146 e. The number of aromatic nitrogens is 1. The summed E-state index contributed by atoms with van der Waals surface area (Å²) >= 11 is 3.26. The van der Waals surface area contributed by atoms with Crippen molar-refractivity contribution < 1.29 is 4.39 Å². The zero-order valence-corrected chi connectivity index (χ0v) is 10.8. The molecule has 1 saturated carbocycles. The molecule has 1 fully saturated rings. The van der Waals surface area contributed by atoms with Crippen molar-refractivity contribution in [2.75, 3.05) is 0 Å². The van der Waals surface area contributed by atoms with E-state index in [-0.39, 0.29) is 5.82 Å². The van der Waals surface area contributed by atoms with Crippen LogP contribution >= 0.6 is 15.9 Å². The lowest BCUT2D eigenvalue weighted by molar-refractivity contribution is 0.368. The molecule has 88 valence electrons. The molecular weight excluding hydrogens is 271 g/mol. The van der Waals surface area contributed by atoms with Crippen LogP contribution in [0.25, 0.3) is 0 Å². The highest BCUT2D eigenvalue weighted by Gasteiger charge is 2.13. The summed E-state index contributed by atoms with van der Waals surface area (Å²) in [6, 6.07) is 3.61. The number of pyridine rings is 1. The Labute approximate surface area is 104 Å². The fraction of sp³-hybridized carbons (Fsp3) is 0.583. The van der Waals surface area contributed by atoms with Crippen LogP contribution in [0.1, 0.15) is 37.8 Å². The Morgan fingerprint density at radius 2 is 2.06 bits per heavy atom. The Bertz CT molecular complexity index is 351. The topological polar surface area (TPSA) is 24.9 Å². The Kier molecular flexibility index (Phi) is 4.29. The molecule has 0 unspecified atom stereocenters. The van der Waals surface area contributed by atoms with Crippen molar-refractivity contribution in [3.63, 3.8) is 0 Å². The molecule has 1 aliphatic carbocycles. The molecule has 0 amide bonds. The Morgan fingerprint density at radius 3 is 2.81 bits per heavy atom. The first-order valence-electron chi connectivity index (χ1n) is 5.80. The molecule has 1 N–H and O–H groups in total. The van der Waals surface area contributed by atoms with E-state index in [0.717, 1.165) is 0 Å². The number of nitrogens with one attached hydrogen (secondary N) is 1. The van der Waals surface area contributed by atoms with Gasteiger partial charge in [-0.3, -0.25) is 0 Å². The van der Waals surface area contributed by atoms with Crippen LogP contribution in [-0.2, 0) is 6.54 Å². The zero-order chi connectivity index (χ0) is 11.4. The number of hydrogen-bond acceptors (Lipinski definition) is 2. The van der Waals surface area contributed by atoms with Gasteiger partial charge in [0.15, 0.2) is 0 Å². The molecule has 16 heavy (non-hydrogen) atoms. The van der Waals surface area contributed by atoms with Crippen molar-refractivity contribution in [1.29, 1.82) is 0 Å². The van der Waals surface area contributed by atoms with Crippen LogP contribution in [-0.4, -0.2) is 11.0 Å². The third kappa shape index (κ3) is 3.25. The molecular formula is C12H16BrFN2. The summed E-state index contributed by atoms with van der Waals surface area (Å²) in [4.78, 5) is 4.14. The summed E-state index contributed by atoms with van der Waals surface area (Å²) in [6.45, 7) is 0.524. The number of halogens is 2. The van der Waals surface area contributed by atoms with Crippen molar-refractivity contribution in [3.05, 3.63) is 28.2 Å². The number of nitrogens with zero attached hydrogens (tertiary/aromatic N) is 1. The van der Waals surface area contributed by atoms with E-state index in [4.69, 9.17) is 0 Å². The number of rotatable bonds is 3. The third-order valence-electron chi connectivity index (χ3n) is 3.05. The summed E-state index contributed by atoms with van der Waals surface area (Å²) in [6.07, 6.45) is 6.31. The smallest absolute Gasteiger partial charge is 0.146 e. The molecule has 0 saturated heterocycles. The van der Waals surface area contributed by atoms with Gasteiger partial charge in [0.2, 0.25) is 0 Å². The minimum Gasteiger partial charge on any atom is -0.308 e. The summed E-state index contributed by atoms with van der Waals surface area (Å²) in [5.74, 6) is -0.230. The Balaban J connectivity index is 1.90. The first-order valence-corrected chi connectivity index (χ1v) is 6.59. The van der Waals surface area contributed by atoms with E-state index in [1.165, 1.54) is 38.2 Å². The molecule has 1 aliphatic rings. The third-order valence-corrected chi connectivity index (χ3v) is 3.49. The van der Waals surface area contributed by atoms with Gasteiger partial charge in [-0.05, 0) is 40.9 Å². The van der Waals surface area contributed by atoms with Crippen molar-refractivity contribution in [3.8, 4) is 0 Å². The fourth-order valence-corrected chi connectivity index (χ4v) is 2.48. The van der Waals surface area contributed by atoms with Gasteiger partial charge < -0.3 is 5.32 Å². The van der Waals surface area contributed by atoms with Gasteiger partial charge in [-0.25, -0.2) is 9.37 Å². The highest BCUT2D eigenvalue weighted by atomic mass is 79.9. The summed E-state index contributed by atoms with van der Waals surface area (Å²) in [5, 5.41) is 3.38. The lowest BCUT2D eigenvalue weighted by Gasteiger charge is -2.22. The van der Waals surface area contributed by atoms with Crippen molar-refractivity contribution >= 4 is 15.9 Å². The predicted molar refractivity (Wildman–Crippen MR) is 65.6 cm³/mol. The van der Waals surface area contributed by atoms with Crippen LogP contribution < -0.4 is 5.32 Å². The molecule has 0 aromatic carbocycles. The maximum absolute atomic E-state index is 13.4. The molecule has 1 aromatic heterocycles. The van der Waals surface area contributed by atoms with E-state index in [1.54, 1.807) is 6.07 Å². The van der Waals surface area contributed by atoms with Gasteiger partial charge >= 0.3 is 0 Å². The van der Waals surface area contributed by atoms with Gasteiger partial charge in [0.1, 0.15) is 10.4 Å². The van der Waals surface area contributed by atoms with E-state index in [9.17, 15) is 4.39 Å². The molecule has 1 aromatic rings. The van der Waals surface area contributed by atoms with Crippen LogP contribution in [0.5, 0.6) is 0 Å². The molecule has 0 radical (unpaired) electrons. The standard InChI is InChI=1S/C12H16BrFN2/c13-12-7-6-10(14)11(16-12)8-15-9-4-2-1-3-5-9/h6-7,9,15H,1-5,8H2. The molecule has 0 spiro atoms. The lowest BCUT2D eigenvalue weighted by Crippen LogP contribution is -2.31. The van der Waals surface area contributed by atoms with E-state index in [2.05, 4.69) is 26.2 Å². The van der Waals surface area contributed by atoms with Gasteiger partial charge in [-0.15, -0.1) is 0 Å². The maximum atomic E-state index is 13.4. The quantitative estimate of drug-likeness (QED) is 0.862. The van der Waals surface area contributed by atoms with Crippen molar-refractivity contribution in [1.82, 2.24) is 10.3 Å².